The van der Waals surface area contributed by atoms with Crippen LogP contribution in [0.5, 0.6) is 0 Å². The smallest absolute Gasteiger partial charge is 0.0168 e. The lowest BCUT2D eigenvalue weighted by atomic mass is 10.1. The molecular formula is C7H14N2. The molecular weight excluding hydrogens is 112 g/mol. The van der Waals surface area contributed by atoms with Gasteiger partial charge in [-0.25, -0.2) is 0 Å². The number of hydrogen-bond donors (Lipinski definition) is 2. The highest BCUT2D eigenvalue weighted by molar-refractivity contribution is 4.93. The Morgan fingerprint density at radius 2 is 2.00 bits per heavy atom. The molecule has 2 heteroatoms. The van der Waals surface area contributed by atoms with E-state index in [0.717, 1.165) is 18.4 Å². The molecule has 1 heterocycles. The summed E-state index contributed by atoms with van der Waals surface area (Å²) in [6, 6.07) is 0.433. The highest BCUT2D eigenvalue weighted by Gasteiger charge is 2.38. The lowest BCUT2D eigenvalue weighted by Gasteiger charge is -2.06. The van der Waals surface area contributed by atoms with E-state index in [-0.39, 0.29) is 0 Å². The molecule has 2 rings (SSSR count). The van der Waals surface area contributed by atoms with Crippen molar-refractivity contribution in [2.45, 2.75) is 18.9 Å². The van der Waals surface area contributed by atoms with Crippen LogP contribution < -0.4 is 11.1 Å². The maximum atomic E-state index is 5.79. The second kappa shape index (κ2) is 1.96. The van der Waals surface area contributed by atoms with Crippen molar-refractivity contribution in [2.75, 3.05) is 13.1 Å². The molecule has 1 aliphatic carbocycles. The van der Waals surface area contributed by atoms with Crippen molar-refractivity contribution < 1.29 is 0 Å². The molecule has 1 saturated heterocycles. The van der Waals surface area contributed by atoms with Gasteiger partial charge in [0.15, 0.2) is 0 Å². The first-order chi connectivity index (χ1) is 4.36. The SMILES string of the molecule is N[C@@H]1CNCC2C[C@@H]2C1. The van der Waals surface area contributed by atoms with Crippen LogP contribution in [0.25, 0.3) is 0 Å². The summed E-state index contributed by atoms with van der Waals surface area (Å²) in [5.41, 5.74) is 5.79. The molecule has 2 fully saturated rings. The third-order valence-corrected chi connectivity index (χ3v) is 2.49. The number of hydrogen-bond acceptors (Lipinski definition) is 2. The normalized spacial score (nSPS) is 49.7. The van der Waals surface area contributed by atoms with Crippen LogP contribution in [0.2, 0.25) is 0 Å². The van der Waals surface area contributed by atoms with Gasteiger partial charge in [0.2, 0.25) is 0 Å². The highest BCUT2D eigenvalue weighted by Crippen LogP contribution is 2.42. The van der Waals surface area contributed by atoms with Gasteiger partial charge in [-0.05, 0) is 31.2 Å². The van der Waals surface area contributed by atoms with Gasteiger partial charge in [0.25, 0.3) is 0 Å². The van der Waals surface area contributed by atoms with Crippen LogP contribution in [0.1, 0.15) is 12.8 Å². The lowest BCUT2D eigenvalue weighted by Crippen LogP contribution is -2.32. The first-order valence-electron chi connectivity index (χ1n) is 3.82. The van der Waals surface area contributed by atoms with Crippen LogP contribution in [0, 0.1) is 11.8 Å². The van der Waals surface area contributed by atoms with Crippen LogP contribution >= 0.6 is 0 Å². The van der Waals surface area contributed by atoms with E-state index < -0.39 is 0 Å². The molecule has 3 atom stereocenters. The Morgan fingerprint density at radius 1 is 1.11 bits per heavy atom. The average Bonchev–Trinajstić information content (AvgIpc) is 2.43. The average molecular weight is 126 g/mol. The molecule has 9 heavy (non-hydrogen) atoms. The van der Waals surface area contributed by atoms with Gasteiger partial charge >= 0.3 is 0 Å². The van der Waals surface area contributed by atoms with E-state index in [1.165, 1.54) is 19.4 Å². The van der Waals surface area contributed by atoms with Gasteiger partial charge in [0, 0.05) is 12.6 Å². The Kier molecular flexibility index (Phi) is 1.24. The molecule has 0 aromatic carbocycles. The Morgan fingerprint density at radius 3 is 2.89 bits per heavy atom. The first kappa shape index (κ1) is 5.69. The summed E-state index contributed by atoms with van der Waals surface area (Å²) in [7, 11) is 0. The maximum Gasteiger partial charge on any atom is 0.0168 e. The van der Waals surface area contributed by atoms with Gasteiger partial charge in [-0.1, -0.05) is 0 Å². The zero-order valence-corrected chi connectivity index (χ0v) is 5.64. The van der Waals surface area contributed by atoms with Crippen molar-refractivity contribution in [3.8, 4) is 0 Å². The topological polar surface area (TPSA) is 38.0 Å². The number of rotatable bonds is 0. The van der Waals surface area contributed by atoms with Crippen molar-refractivity contribution in [2.24, 2.45) is 17.6 Å². The van der Waals surface area contributed by atoms with Gasteiger partial charge < -0.3 is 11.1 Å². The van der Waals surface area contributed by atoms with Crippen molar-refractivity contribution in [3.05, 3.63) is 0 Å². The Balaban J connectivity index is 1.92. The fourth-order valence-corrected chi connectivity index (χ4v) is 1.78. The van der Waals surface area contributed by atoms with E-state index >= 15 is 0 Å². The van der Waals surface area contributed by atoms with E-state index in [1.807, 2.05) is 0 Å². The summed E-state index contributed by atoms with van der Waals surface area (Å²) in [6.07, 6.45) is 2.69. The van der Waals surface area contributed by atoms with Crippen molar-refractivity contribution in [1.29, 1.82) is 0 Å². The van der Waals surface area contributed by atoms with E-state index in [1.54, 1.807) is 0 Å². The molecule has 0 aromatic rings. The molecule has 2 nitrogen and oxygen atoms in total. The Bertz CT molecular complexity index is 113. The number of nitrogens with one attached hydrogen (secondary N) is 1. The molecule has 0 amide bonds. The second-order valence-corrected chi connectivity index (χ2v) is 3.41. The predicted octanol–water partition coefficient (Wildman–Crippen LogP) is -0.0569. The standard InChI is InChI=1S/C7H14N2/c8-7-2-5-1-6(5)3-9-4-7/h5-7,9H,1-4,8H2/t5-,6?,7+/m1/s1. The van der Waals surface area contributed by atoms with Gasteiger partial charge in [-0.2, -0.15) is 0 Å². The van der Waals surface area contributed by atoms with E-state index in [0.29, 0.717) is 6.04 Å². The second-order valence-electron chi connectivity index (χ2n) is 3.41. The van der Waals surface area contributed by atoms with E-state index in [2.05, 4.69) is 5.32 Å². The van der Waals surface area contributed by atoms with Crippen molar-refractivity contribution >= 4 is 0 Å². The summed E-state index contributed by atoms with van der Waals surface area (Å²) in [6.45, 7) is 2.26. The van der Waals surface area contributed by atoms with Crippen LogP contribution in [-0.2, 0) is 0 Å². The van der Waals surface area contributed by atoms with Gasteiger partial charge in [0.05, 0.1) is 0 Å². The molecule has 0 bridgehead atoms. The van der Waals surface area contributed by atoms with Crippen molar-refractivity contribution in [3.63, 3.8) is 0 Å². The molecule has 1 unspecified atom stereocenters. The third kappa shape index (κ3) is 1.10. The van der Waals surface area contributed by atoms with E-state index in [4.69, 9.17) is 5.73 Å². The minimum Gasteiger partial charge on any atom is -0.327 e. The van der Waals surface area contributed by atoms with Crippen LogP contribution in [-0.4, -0.2) is 19.1 Å². The fraction of sp³-hybridized carbons (Fsp3) is 1.00. The molecule has 3 N–H and O–H groups in total. The molecule has 0 spiro atoms. The summed E-state index contributed by atoms with van der Waals surface area (Å²) >= 11 is 0. The van der Waals surface area contributed by atoms with Crippen molar-refractivity contribution in [1.82, 2.24) is 5.32 Å². The van der Waals surface area contributed by atoms with Gasteiger partial charge in [-0.15, -0.1) is 0 Å². The molecule has 0 radical (unpaired) electrons. The van der Waals surface area contributed by atoms with Gasteiger partial charge in [-0.3, -0.25) is 0 Å². The Hall–Kier alpha value is -0.0800. The van der Waals surface area contributed by atoms with Crippen LogP contribution in [0.15, 0.2) is 0 Å². The molecule has 1 aliphatic heterocycles. The molecule has 2 aliphatic rings. The molecule has 1 saturated carbocycles. The monoisotopic (exact) mass is 126 g/mol. The van der Waals surface area contributed by atoms with Crippen LogP contribution in [0.3, 0.4) is 0 Å². The Labute approximate surface area is 55.8 Å². The zero-order chi connectivity index (χ0) is 6.27. The number of nitrogens with two attached hydrogens (primary N) is 1. The minimum absolute atomic E-state index is 0.433. The lowest BCUT2D eigenvalue weighted by molar-refractivity contribution is 0.562. The van der Waals surface area contributed by atoms with E-state index in [9.17, 15) is 0 Å². The molecule has 52 valence electrons. The summed E-state index contributed by atoms with van der Waals surface area (Å²) in [5.74, 6) is 1.97. The first-order valence-corrected chi connectivity index (χ1v) is 3.82. The highest BCUT2D eigenvalue weighted by atomic mass is 14.9. The largest absolute Gasteiger partial charge is 0.327 e. The summed E-state index contributed by atoms with van der Waals surface area (Å²) in [5, 5.41) is 3.36. The predicted molar refractivity (Wildman–Crippen MR) is 37.1 cm³/mol. The summed E-state index contributed by atoms with van der Waals surface area (Å²) < 4.78 is 0. The van der Waals surface area contributed by atoms with Gasteiger partial charge in [0.1, 0.15) is 0 Å². The zero-order valence-electron chi connectivity index (χ0n) is 5.64. The third-order valence-electron chi connectivity index (χ3n) is 2.49. The number of fused-ring (bicyclic) bond motifs is 1. The van der Waals surface area contributed by atoms with Crippen LogP contribution in [0.4, 0.5) is 0 Å². The fourth-order valence-electron chi connectivity index (χ4n) is 1.78. The summed E-state index contributed by atoms with van der Waals surface area (Å²) in [4.78, 5) is 0. The maximum absolute atomic E-state index is 5.79. The minimum atomic E-state index is 0.433. The molecule has 0 aromatic heterocycles. The quantitative estimate of drug-likeness (QED) is 0.477.